The van der Waals surface area contributed by atoms with Crippen molar-refractivity contribution >= 4 is 11.5 Å². The second-order valence-corrected chi connectivity index (χ2v) is 4.88. The number of nitrogens with one attached hydrogen (secondary N) is 1. The highest BCUT2D eigenvalue weighted by Crippen LogP contribution is 2.27. The molecule has 7 nitrogen and oxygen atoms in total. The third-order valence-corrected chi connectivity index (χ3v) is 3.53. The molecule has 0 aliphatic carbocycles. The van der Waals surface area contributed by atoms with E-state index in [0.29, 0.717) is 18.9 Å². The molecule has 0 saturated heterocycles. The summed E-state index contributed by atoms with van der Waals surface area (Å²) in [6.07, 6.45) is 2.80. The van der Waals surface area contributed by atoms with Crippen LogP contribution in [0.3, 0.4) is 0 Å². The maximum Gasteiger partial charge on any atom is 0.325 e. The van der Waals surface area contributed by atoms with Crippen molar-refractivity contribution in [2.24, 2.45) is 0 Å². The van der Waals surface area contributed by atoms with E-state index in [4.69, 9.17) is 0 Å². The minimum atomic E-state index is -0.851. The molecule has 7 heteroatoms. The lowest BCUT2D eigenvalue weighted by atomic mass is 10.0. The number of nitrogens with zero attached hydrogens (tertiary/aromatic N) is 4. The molecule has 0 bridgehead atoms. The van der Waals surface area contributed by atoms with Crippen molar-refractivity contribution in [2.45, 2.75) is 12.5 Å². The number of rotatable bonds is 4. The van der Waals surface area contributed by atoms with Gasteiger partial charge in [0, 0.05) is 18.7 Å². The second kappa shape index (κ2) is 5.84. The molecule has 1 aromatic heterocycles. The zero-order chi connectivity index (χ0) is 14.7. The molecule has 2 N–H and O–H groups in total. The first-order chi connectivity index (χ1) is 10.3. The number of aromatic nitrogens is 4. The van der Waals surface area contributed by atoms with Gasteiger partial charge in [-0.2, -0.15) is 5.21 Å². The molecule has 1 atom stereocenters. The first-order valence-corrected chi connectivity index (χ1v) is 6.70. The molecule has 0 fully saturated rings. The molecule has 1 unspecified atom stereocenters. The van der Waals surface area contributed by atoms with Crippen LogP contribution >= 0.6 is 0 Å². The van der Waals surface area contributed by atoms with Crippen molar-refractivity contribution in [1.29, 1.82) is 0 Å². The fraction of sp³-hybridized carbons (Fsp3) is 0.286. The number of aliphatic carboxylic acids is 1. The number of aromatic amines is 1. The van der Waals surface area contributed by atoms with Gasteiger partial charge < -0.3 is 5.11 Å². The highest BCUT2D eigenvalue weighted by atomic mass is 16.4. The van der Waals surface area contributed by atoms with Crippen LogP contribution in [-0.4, -0.2) is 49.7 Å². The Bertz CT molecular complexity index is 639. The van der Waals surface area contributed by atoms with Crippen LogP contribution in [0, 0.1) is 0 Å². The fourth-order valence-electron chi connectivity index (χ4n) is 2.59. The van der Waals surface area contributed by atoms with E-state index >= 15 is 0 Å². The molecular formula is C14H15N5O2. The maximum atomic E-state index is 11.7. The lowest BCUT2D eigenvalue weighted by Gasteiger charge is -2.31. The van der Waals surface area contributed by atoms with Gasteiger partial charge in [-0.05, 0) is 17.2 Å². The highest BCUT2D eigenvalue weighted by molar-refractivity contribution is 5.76. The lowest BCUT2D eigenvalue weighted by Crippen LogP contribution is -2.37. The zero-order valence-electron chi connectivity index (χ0n) is 11.3. The standard InChI is InChI=1S/C14H15N5O2/c20-14(21)12(10-5-2-1-3-6-10)19-8-4-7-11(9-19)13-15-17-18-16-13/h1-3,5-7,12H,4,8-9H2,(H,20,21)(H,15,16,17,18). The third-order valence-electron chi connectivity index (χ3n) is 3.53. The Kier molecular flexibility index (Phi) is 3.74. The zero-order valence-corrected chi connectivity index (χ0v) is 11.3. The molecule has 108 valence electrons. The summed E-state index contributed by atoms with van der Waals surface area (Å²) in [5, 5.41) is 23.5. The predicted molar refractivity (Wildman–Crippen MR) is 75.2 cm³/mol. The Morgan fingerprint density at radius 1 is 1.33 bits per heavy atom. The van der Waals surface area contributed by atoms with Gasteiger partial charge in [0.15, 0.2) is 0 Å². The van der Waals surface area contributed by atoms with Gasteiger partial charge in [0.25, 0.3) is 0 Å². The number of carboxylic acids is 1. The third kappa shape index (κ3) is 2.82. The number of carbonyl (C=O) groups is 1. The fourth-order valence-corrected chi connectivity index (χ4v) is 2.59. The normalized spacial score (nSPS) is 17.2. The Morgan fingerprint density at radius 3 is 2.81 bits per heavy atom. The molecule has 0 spiro atoms. The van der Waals surface area contributed by atoms with E-state index in [-0.39, 0.29) is 0 Å². The van der Waals surface area contributed by atoms with Gasteiger partial charge >= 0.3 is 5.97 Å². The molecule has 0 saturated carbocycles. The molecule has 1 aliphatic rings. The van der Waals surface area contributed by atoms with Crippen LogP contribution in [0.15, 0.2) is 36.4 Å². The van der Waals surface area contributed by atoms with E-state index in [2.05, 4.69) is 20.6 Å². The summed E-state index contributed by atoms with van der Waals surface area (Å²) < 4.78 is 0. The van der Waals surface area contributed by atoms with Gasteiger partial charge in [-0.25, -0.2) is 0 Å². The van der Waals surface area contributed by atoms with E-state index in [1.165, 1.54) is 0 Å². The van der Waals surface area contributed by atoms with Gasteiger partial charge in [-0.1, -0.05) is 36.4 Å². The number of carboxylic acid groups (broad SMARTS) is 1. The van der Waals surface area contributed by atoms with Crippen molar-refractivity contribution in [1.82, 2.24) is 25.5 Å². The van der Waals surface area contributed by atoms with Crippen molar-refractivity contribution in [3.8, 4) is 0 Å². The van der Waals surface area contributed by atoms with Gasteiger partial charge in [0.1, 0.15) is 6.04 Å². The van der Waals surface area contributed by atoms with E-state index in [9.17, 15) is 9.90 Å². The SMILES string of the molecule is O=C(O)C(c1ccccc1)N1CCC=C(c2nn[nH]n2)C1. The summed E-state index contributed by atoms with van der Waals surface area (Å²) in [6, 6.07) is 8.59. The first-order valence-electron chi connectivity index (χ1n) is 6.70. The molecule has 2 aromatic rings. The van der Waals surface area contributed by atoms with Gasteiger partial charge in [-0.3, -0.25) is 9.69 Å². The minimum absolute atomic E-state index is 0.491. The average Bonchev–Trinajstić information content (AvgIpc) is 3.03. The number of hydrogen-bond donors (Lipinski definition) is 2. The highest BCUT2D eigenvalue weighted by Gasteiger charge is 2.30. The van der Waals surface area contributed by atoms with Crippen LogP contribution in [0.1, 0.15) is 23.9 Å². The summed E-state index contributed by atoms with van der Waals surface area (Å²) in [5.74, 6) is -0.326. The van der Waals surface area contributed by atoms with E-state index in [0.717, 1.165) is 17.6 Å². The Balaban J connectivity index is 1.85. The lowest BCUT2D eigenvalue weighted by molar-refractivity contribution is -0.143. The van der Waals surface area contributed by atoms with Gasteiger partial charge in [0.2, 0.25) is 5.82 Å². The van der Waals surface area contributed by atoms with Crippen molar-refractivity contribution < 1.29 is 9.90 Å². The van der Waals surface area contributed by atoms with Crippen LogP contribution in [0.4, 0.5) is 0 Å². The van der Waals surface area contributed by atoms with Crippen molar-refractivity contribution in [2.75, 3.05) is 13.1 Å². The second-order valence-electron chi connectivity index (χ2n) is 4.88. The molecule has 3 rings (SSSR count). The molecular weight excluding hydrogens is 270 g/mol. The monoisotopic (exact) mass is 285 g/mol. The summed E-state index contributed by atoms with van der Waals surface area (Å²) in [6.45, 7) is 1.18. The first kappa shape index (κ1) is 13.4. The maximum absolute atomic E-state index is 11.7. The number of benzene rings is 1. The van der Waals surface area contributed by atoms with E-state index < -0.39 is 12.0 Å². The number of H-pyrrole nitrogens is 1. The summed E-state index contributed by atoms with van der Waals surface area (Å²) in [4.78, 5) is 13.6. The summed E-state index contributed by atoms with van der Waals surface area (Å²) >= 11 is 0. The smallest absolute Gasteiger partial charge is 0.325 e. The molecule has 21 heavy (non-hydrogen) atoms. The van der Waals surface area contributed by atoms with Crippen LogP contribution in [0.2, 0.25) is 0 Å². The largest absolute Gasteiger partial charge is 0.480 e. The van der Waals surface area contributed by atoms with Crippen LogP contribution < -0.4 is 0 Å². The quantitative estimate of drug-likeness (QED) is 0.874. The number of hydrogen-bond acceptors (Lipinski definition) is 5. The molecule has 0 radical (unpaired) electrons. The van der Waals surface area contributed by atoms with Crippen LogP contribution in [-0.2, 0) is 4.79 Å². The van der Waals surface area contributed by atoms with E-state index in [1.54, 1.807) is 0 Å². The Morgan fingerprint density at radius 2 is 2.14 bits per heavy atom. The van der Waals surface area contributed by atoms with Crippen LogP contribution in [0.25, 0.3) is 5.57 Å². The molecule has 1 aromatic carbocycles. The summed E-state index contributed by atoms with van der Waals surface area (Å²) in [7, 11) is 0. The van der Waals surface area contributed by atoms with Gasteiger partial charge in [0.05, 0.1) is 0 Å². The number of tetrazole rings is 1. The molecule has 1 aliphatic heterocycles. The van der Waals surface area contributed by atoms with Crippen LogP contribution in [0.5, 0.6) is 0 Å². The molecule has 2 heterocycles. The Labute approximate surface area is 121 Å². The topological polar surface area (TPSA) is 95.0 Å². The Hall–Kier alpha value is -2.54. The predicted octanol–water partition coefficient (Wildman–Crippen LogP) is 1.11. The van der Waals surface area contributed by atoms with Crippen molar-refractivity contribution in [3.05, 3.63) is 47.8 Å². The van der Waals surface area contributed by atoms with Crippen molar-refractivity contribution in [3.63, 3.8) is 0 Å². The van der Waals surface area contributed by atoms with Gasteiger partial charge in [-0.15, -0.1) is 10.2 Å². The molecule has 0 amide bonds. The summed E-state index contributed by atoms with van der Waals surface area (Å²) in [5.41, 5.74) is 1.68. The van der Waals surface area contributed by atoms with E-state index in [1.807, 2.05) is 41.3 Å². The minimum Gasteiger partial charge on any atom is -0.480 e. The average molecular weight is 285 g/mol.